The van der Waals surface area contributed by atoms with E-state index in [4.69, 9.17) is 11.6 Å². The fourth-order valence-corrected chi connectivity index (χ4v) is 2.12. The maximum absolute atomic E-state index is 12.0. The monoisotopic (exact) mass is 272 g/mol. The van der Waals surface area contributed by atoms with E-state index in [1.807, 2.05) is 27.7 Å². The van der Waals surface area contributed by atoms with Gasteiger partial charge in [0, 0.05) is 7.05 Å². The normalized spacial score (nSPS) is 13.7. The minimum absolute atomic E-state index is 0.112. The third kappa shape index (κ3) is 3.12. The zero-order valence-electron chi connectivity index (χ0n) is 11.6. The van der Waals surface area contributed by atoms with Gasteiger partial charge in [-0.15, -0.1) is 0 Å². The lowest BCUT2D eigenvalue weighted by molar-refractivity contribution is -0.131. The number of hydrogen-bond acceptors (Lipinski definition) is 3. The highest BCUT2D eigenvalue weighted by Crippen LogP contribution is 2.25. The van der Waals surface area contributed by atoms with E-state index in [1.165, 1.54) is 0 Å². The van der Waals surface area contributed by atoms with Crippen molar-refractivity contribution in [3.05, 3.63) is 16.4 Å². The first-order chi connectivity index (χ1) is 8.18. The van der Waals surface area contributed by atoms with Crippen LogP contribution in [-0.2, 0) is 24.7 Å². The quantitative estimate of drug-likeness (QED) is 0.914. The molecule has 5 heteroatoms. The fourth-order valence-electron chi connectivity index (χ4n) is 1.76. The van der Waals surface area contributed by atoms with Crippen molar-refractivity contribution in [3.63, 3.8) is 0 Å². The van der Waals surface area contributed by atoms with E-state index >= 15 is 0 Å². The highest BCUT2D eigenvalue weighted by molar-refractivity contribution is 6.32. The van der Waals surface area contributed by atoms with Crippen LogP contribution in [0.4, 0.5) is 0 Å². The summed E-state index contributed by atoms with van der Waals surface area (Å²) in [6.07, 6.45) is -0.155. The van der Waals surface area contributed by atoms with Gasteiger partial charge in [0.1, 0.15) is 6.10 Å². The number of halogens is 1. The summed E-state index contributed by atoms with van der Waals surface area (Å²) in [5, 5.41) is 14.7. The molecule has 0 aliphatic heterocycles. The van der Waals surface area contributed by atoms with E-state index in [2.05, 4.69) is 5.10 Å². The van der Waals surface area contributed by atoms with Crippen LogP contribution in [0.15, 0.2) is 0 Å². The summed E-state index contributed by atoms with van der Waals surface area (Å²) in [5.41, 5.74) is 0.990. The lowest BCUT2D eigenvalue weighted by atomic mass is 9.85. The molecule has 0 aliphatic rings. The highest BCUT2D eigenvalue weighted by Gasteiger charge is 2.30. The van der Waals surface area contributed by atoms with Crippen LogP contribution in [0.3, 0.4) is 0 Å². The molecule has 1 aromatic heterocycles. The van der Waals surface area contributed by atoms with Crippen molar-refractivity contribution < 1.29 is 9.90 Å². The van der Waals surface area contributed by atoms with Crippen molar-refractivity contribution in [3.8, 4) is 0 Å². The van der Waals surface area contributed by atoms with E-state index in [0.29, 0.717) is 10.7 Å². The summed E-state index contributed by atoms with van der Waals surface area (Å²) in [6, 6.07) is 0. The van der Waals surface area contributed by atoms with Gasteiger partial charge < -0.3 is 5.11 Å². The van der Waals surface area contributed by atoms with Crippen LogP contribution in [0.1, 0.15) is 39.1 Å². The Morgan fingerprint density at radius 2 is 2.06 bits per heavy atom. The zero-order valence-corrected chi connectivity index (χ0v) is 12.4. The first-order valence-corrected chi connectivity index (χ1v) is 6.47. The number of ketones is 1. The molecule has 1 rings (SSSR count). The average Bonchev–Trinajstić information content (AvgIpc) is 2.54. The Labute approximate surface area is 113 Å². The number of hydrogen-bond donors (Lipinski definition) is 1. The first-order valence-electron chi connectivity index (χ1n) is 6.09. The van der Waals surface area contributed by atoms with Crippen molar-refractivity contribution in [2.45, 2.75) is 46.6 Å². The molecule has 1 heterocycles. The number of aliphatic hydroxyl groups is 1. The van der Waals surface area contributed by atoms with E-state index in [0.717, 1.165) is 12.1 Å². The molecule has 0 radical (unpaired) electrons. The van der Waals surface area contributed by atoms with Crippen molar-refractivity contribution in [2.24, 2.45) is 12.5 Å². The highest BCUT2D eigenvalue weighted by atomic mass is 35.5. The van der Waals surface area contributed by atoms with Gasteiger partial charge in [0.25, 0.3) is 0 Å². The molecular formula is C13H21ClN2O2. The van der Waals surface area contributed by atoms with E-state index in [1.54, 1.807) is 11.7 Å². The summed E-state index contributed by atoms with van der Waals surface area (Å²) in [7, 11) is 1.76. The predicted octanol–water partition coefficient (Wildman–Crippen LogP) is 2.15. The number of carbonyl (C=O) groups is 1. The van der Waals surface area contributed by atoms with Gasteiger partial charge in [0.05, 0.1) is 22.8 Å². The molecular weight excluding hydrogens is 252 g/mol. The van der Waals surface area contributed by atoms with E-state index in [-0.39, 0.29) is 12.2 Å². The maximum atomic E-state index is 12.0. The SMILES string of the molecule is CCc1nn(C)c(CC(=O)C(O)C(C)(C)C)c1Cl. The minimum Gasteiger partial charge on any atom is -0.385 e. The predicted molar refractivity (Wildman–Crippen MR) is 71.8 cm³/mol. The van der Waals surface area contributed by atoms with Crippen LogP contribution < -0.4 is 0 Å². The van der Waals surface area contributed by atoms with Crippen molar-refractivity contribution >= 4 is 17.4 Å². The number of aliphatic hydroxyl groups excluding tert-OH is 1. The molecule has 0 saturated heterocycles. The maximum Gasteiger partial charge on any atom is 0.167 e. The second-order valence-electron chi connectivity index (χ2n) is 5.60. The molecule has 102 valence electrons. The van der Waals surface area contributed by atoms with Crippen LogP contribution in [0, 0.1) is 5.41 Å². The molecule has 1 atom stereocenters. The third-order valence-electron chi connectivity index (χ3n) is 2.97. The van der Waals surface area contributed by atoms with Crippen LogP contribution in [0.25, 0.3) is 0 Å². The Morgan fingerprint density at radius 1 is 1.50 bits per heavy atom. The van der Waals surface area contributed by atoms with Gasteiger partial charge in [-0.25, -0.2) is 0 Å². The summed E-state index contributed by atoms with van der Waals surface area (Å²) in [4.78, 5) is 12.0. The molecule has 0 aromatic carbocycles. The molecule has 0 bridgehead atoms. The van der Waals surface area contributed by atoms with Gasteiger partial charge in [-0.1, -0.05) is 39.3 Å². The molecule has 0 spiro atoms. The molecule has 1 aromatic rings. The van der Waals surface area contributed by atoms with Gasteiger partial charge in [0.15, 0.2) is 5.78 Å². The lowest BCUT2D eigenvalue weighted by Gasteiger charge is -2.24. The van der Waals surface area contributed by atoms with E-state index < -0.39 is 11.5 Å². The molecule has 1 N–H and O–H groups in total. The minimum atomic E-state index is -0.992. The molecule has 4 nitrogen and oxygen atoms in total. The Morgan fingerprint density at radius 3 is 2.44 bits per heavy atom. The molecule has 1 unspecified atom stereocenters. The molecule has 0 amide bonds. The van der Waals surface area contributed by atoms with Gasteiger partial charge >= 0.3 is 0 Å². The third-order valence-corrected chi connectivity index (χ3v) is 3.41. The summed E-state index contributed by atoms with van der Waals surface area (Å²) < 4.78 is 1.62. The second-order valence-corrected chi connectivity index (χ2v) is 5.97. The Hall–Kier alpha value is -0.870. The molecule has 18 heavy (non-hydrogen) atoms. The Bertz CT molecular complexity index is 447. The topological polar surface area (TPSA) is 55.1 Å². The molecule has 0 saturated carbocycles. The molecule has 0 aliphatic carbocycles. The number of Topliss-reactive ketones (excluding diaryl/α,β-unsaturated/α-hetero) is 1. The number of nitrogens with zero attached hydrogens (tertiary/aromatic N) is 2. The standard InChI is InChI=1S/C13H21ClN2O2/c1-6-8-11(14)9(16(5)15-8)7-10(17)12(18)13(2,3)4/h12,18H,6-7H2,1-5H3. The van der Waals surface area contributed by atoms with Crippen molar-refractivity contribution in [1.29, 1.82) is 0 Å². The summed E-state index contributed by atoms with van der Waals surface area (Å²) in [6.45, 7) is 7.46. The van der Waals surface area contributed by atoms with Crippen molar-refractivity contribution in [1.82, 2.24) is 9.78 Å². The van der Waals surface area contributed by atoms with Gasteiger partial charge in [0.2, 0.25) is 0 Å². The smallest absolute Gasteiger partial charge is 0.167 e. The Balaban J connectivity index is 2.92. The van der Waals surface area contributed by atoms with Crippen LogP contribution in [0.2, 0.25) is 5.02 Å². The number of carbonyl (C=O) groups excluding carboxylic acids is 1. The first kappa shape index (κ1) is 15.2. The summed E-state index contributed by atoms with van der Waals surface area (Å²) in [5.74, 6) is -0.227. The van der Waals surface area contributed by atoms with Crippen molar-refractivity contribution in [2.75, 3.05) is 0 Å². The average molecular weight is 273 g/mol. The van der Waals surface area contributed by atoms with Gasteiger partial charge in [-0.05, 0) is 11.8 Å². The largest absolute Gasteiger partial charge is 0.385 e. The van der Waals surface area contributed by atoms with Gasteiger partial charge in [-0.2, -0.15) is 5.10 Å². The number of aromatic nitrogens is 2. The second kappa shape index (κ2) is 5.41. The summed E-state index contributed by atoms with van der Waals surface area (Å²) >= 11 is 6.18. The number of aryl methyl sites for hydroxylation is 2. The van der Waals surface area contributed by atoms with Crippen LogP contribution in [0.5, 0.6) is 0 Å². The lowest BCUT2D eigenvalue weighted by Crippen LogP contribution is -2.35. The van der Waals surface area contributed by atoms with Crippen LogP contribution in [-0.4, -0.2) is 26.8 Å². The Kier molecular flexibility index (Phi) is 4.56. The fraction of sp³-hybridized carbons (Fsp3) is 0.692. The number of rotatable bonds is 4. The molecule has 0 fully saturated rings. The zero-order chi connectivity index (χ0) is 14.1. The van der Waals surface area contributed by atoms with Crippen LogP contribution >= 0.6 is 11.6 Å². The van der Waals surface area contributed by atoms with Gasteiger partial charge in [-0.3, -0.25) is 9.48 Å². The van der Waals surface area contributed by atoms with E-state index in [9.17, 15) is 9.90 Å².